The first-order valence-corrected chi connectivity index (χ1v) is 12.5. The largest absolute Gasteiger partial charge is 0.493 e. The highest BCUT2D eigenvalue weighted by atomic mass is 19.1. The molecule has 35 heavy (non-hydrogen) atoms. The normalized spacial score (nSPS) is 23.8. The molecule has 2 fully saturated rings. The molecule has 3 aliphatic rings. The zero-order chi connectivity index (χ0) is 24.5. The van der Waals surface area contributed by atoms with Gasteiger partial charge in [-0.3, -0.25) is 9.59 Å². The maximum absolute atomic E-state index is 14.1. The van der Waals surface area contributed by atoms with E-state index >= 15 is 0 Å². The zero-order valence-corrected chi connectivity index (χ0v) is 20.2. The second kappa shape index (κ2) is 9.76. The number of benzene rings is 1. The number of halogens is 1. The number of rotatable bonds is 7. The van der Waals surface area contributed by atoms with Gasteiger partial charge in [-0.25, -0.2) is 4.39 Å². The van der Waals surface area contributed by atoms with Crippen molar-refractivity contribution in [2.24, 2.45) is 5.92 Å². The quantitative estimate of drug-likeness (QED) is 0.483. The van der Waals surface area contributed by atoms with Gasteiger partial charge in [0.05, 0.1) is 23.9 Å². The minimum Gasteiger partial charge on any atom is -0.493 e. The summed E-state index contributed by atoms with van der Waals surface area (Å²) in [7, 11) is 0. The van der Waals surface area contributed by atoms with E-state index in [2.05, 4.69) is 20.9 Å². The van der Waals surface area contributed by atoms with Gasteiger partial charge in [0.2, 0.25) is 5.91 Å². The predicted octanol–water partition coefficient (Wildman–Crippen LogP) is 3.93. The molecule has 2 aromatic rings. The highest BCUT2D eigenvalue weighted by molar-refractivity contribution is 6.20. The molecule has 0 spiro atoms. The predicted molar refractivity (Wildman–Crippen MR) is 131 cm³/mol. The third kappa shape index (κ3) is 5.21. The van der Waals surface area contributed by atoms with Crippen molar-refractivity contribution in [3.8, 4) is 5.75 Å². The molecule has 1 aromatic heterocycles. The van der Waals surface area contributed by atoms with Crippen LogP contribution in [-0.4, -0.2) is 35.5 Å². The lowest BCUT2D eigenvalue weighted by Gasteiger charge is -2.32. The summed E-state index contributed by atoms with van der Waals surface area (Å²) >= 11 is 0. The Labute approximate surface area is 204 Å². The Kier molecular flexibility index (Phi) is 6.54. The van der Waals surface area contributed by atoms with Crippen molar-refractivity contribution < 1.29 is 18.7 Å². The number of nitrogens with one attached hydrogen (secondary N) is 4. The van der Waals surface area contributed by atoms with Crippen LogP contribution in [-0.2, 0) is 9.59 Å². The van der Waals surface area contributed by atoms with E-state index in [0.29, 0.717) is 23.8 Å². The molecule has 1 aliphatic heterocycles. The third-order valence-corrected chi connectivity index (χ3v) is 7.23. The lowest BCUT2D eigenvalue weighted by atomic mass is 9.89. The number of aromatic amines is 1. The number of carbonyl (C=O) groups excluding carboxylic acids is 2. The van der Waals surface area contributed by atoms with E-state index < -0.39 is 0 Å². The first-order valence-electron chi connectivity index (χ1n) is 12.5. The lowest BCUT2D eigenvalue weighted by molar-refractivity contribution is -0.120. The van der Waals surface area contributed by atoms with E-state index in [4.69, 9.17) is 4.74 Å². The van der Waals surface area contributed by atoms with E-state index in [1.807, 2.05) is 19.2 Å². The Bertz CT molecular complexity index is 1150. The zero-order valence-electron chi connectivity index (χ0n) is 20.2. The van der Waals surface area contributed by atoms with Crippen LogP contribution in [0, 0.1) is 11.7 Å². The average molecular weight is 481 g/mol. The number of H-pyrrole nitrogens is 1. The van der Waals surface area contributed by atoms with Crippen LogP contribution in [0.5, 0.6) is 5.75 Å². The molecular weight excluding hydrogens is 447 g/mol. The summed E-state index contributed by atoms with van der Waals surface area (Å²) in [6.45, 7) is 4.03. The maximum Gasteiger partial charge on any atom is 0.255 e. The molecule has 2 heterocycles. The van der Waals surface area contributed by atoms with Crippen LogP contribution in [0.1, 0.15) is 75.2 Å². The summed E-state index contributed by atoms with van der Waals surface area (Å²) in [5.41, 5.74) is 3.90. The molecule has 5 rings (SSSR count). The Morgan fingerprint density at radius 3 is 2.43 bits per heavy atom. The highest BCUT2D eigenvalue weighted by Crippen LogP contribution is 2.40. The standard InChI is InChI=1S/C27H33FN4O3/c1-15-24(27(34)32-20-8-6-19(7-9-20)31-16(2)33)26-22(11-12-29-26)25(30-15)21-10-5-18(28)13-23(21)35-14-17-3-4-17/h5,10-13,17,19-20,25,29-30H,3-4,6-9,14H2,1-2H3,(H,31,33)(H,32,34). The van der Waals surface area contributed by atoms with Crippen LogP contribution in [0.4, 0.5) is 4.39 Å². The molecule has 1 aromatic carbocycles. The van der Waals surface area contributed by atoms with Gasteiger partial charge in [0, 0.05) is 48.1 Å². The Hall–Kier alpha value is -3.29. The first kappa shape index (κ1) is 23.5. The number of ether oxygens (including phenoxy) is 1. The van der Waals surface area contributed by atoms with Crippen LogP contribution >= 0.6 is 0 Å². The number of aromatic nitrogens is 1. The number of amides is 2. The summed E-state index contributed by atoms with van der Waals surface area (Å²) in [5.74, 6) is 0.633. The Morgan fingerprint density at radius 1 is 1.03 bits per heavy atom. The van der Waals surface area contributed by atoms with Gasteiger partial charge in [-0.1, -0.05) is 0 Å². The fourth-order valence-electron chi connectivity index (χ4n) is 5.21. The van der Waals surface area contributed by atoms with Crippen molar-refractivity contribution in [2.45, 2.75) is 70.5 Å². The molecule has 186 valence electrons. The van der Waals surface area contributed by atoms with Crippen molar-refractivity contribution in [3.05, 3.63) is 58.8 Å². The van der Waals surface area contributed by atoms with Crippen LogP contribution in [0.25, 0.3) is 5.57 Å². The first-order chi connectivity index (χ1) is 16.9. The van der Waals surface area contributed by atoms with E-state index in [9.17, 15) is 14.0 Å². The molecule has 0 bridgehead atoms. The monoisotopic (exact) mass is 480 g/mol. The van der Waals surface area contributed by atoms with E-state index in [-0.39, 0.29) is 35.8 Å². The van der Waals surface area contributed by atoms with Gasteiger partial charge in [-0.2, -0.15) is 0 Å². The Morgan fingerprint density at radius 2 is 1.74 bits per heavy atom. The molecule has 2 amide bonds. The number of hydrogen-bond acceptors (Lipinski definition) is 4. The fraction of sp³-hybridized carbons (Fsp3) is 0.481. The topological polar surface area (TPSA) is 95.2 Å². The highest BCUT2D eigenvalue weighted by Gasteiger charge is 2.33. The average Bonchev–Trinajstić information content (AvgIpc) is 3.53. The number of allylic oxidation sites excluding steroid dienone is 1. The third-order valence-electron chi connectivity index (χ3n) is 7.23. The van der Waals surface area contributed by atoms with Crippen LogP contribution in [0.15, 0.2) is 36.2 Å². The van der Waals surface area contributed by atoms with Crippen molar-refractivity contribution >= 4 is 17.4 Å². The van der Waals surface area contributed by atoms with Crippen molar-refractivity contribution in [3.63, 3.8) is 0 Å². The van der Waals surface area contributed by atoms with Crippen molar-refractivity contribution in [2.75, 3.05) is 6.61 Å². The Balaban J connectivity index is 1.33. The summed E-state index contributed by atoms with van der Waals surface area (Å²) < 4.78 is 20.1. The van der Waals surface area contributed by atoms with Crippen LogP contribution in [0.3, 0.4) is 0 Å². The van der Waals surface area contributed by atoms with Gasteiger partial charge in [-0.15, -0.1) is 0 Å². The van der Waals surface area contributed by atoms with Crippen molar-refractivity contribution in [1.82, 2.24) is 20.9 Å². The molecule has 7 nitrogen and oxygen atoms in total. The summed E-state index contributed by atoms with van der Waals surface area (Å²) in [5, 5.41) is 9.65. The van der Waals surface area contributed by atoms with E-state index in [1.165, 1.54) is 19.1 Å². The molecule has 0 saturated heterocycles. The van der Waals surface area contributed by atoms with Gasteiger partial charge in [0.15, 0.2) is 0 Å². The molecule has 8 heteroatoms. The summed E-state index contributed by atoms with van der Waals surface area (Å²) in [6.07, 6.45) is 7.50. The van der Waals surface area contributed by atoms with Crippen LogP contribution in [0.2, 0.25) is 0 Å². The lowest BCUT2D eigenvalue weighted by Crippen LogP contribution is -2.44. The van der Waals surface area contributed by atoms with E-state index in [0.717, 1.165) is 61.0 Å². The van der Waals surface area contributed by atoms with Crippen molar-refractivity contribution in [1.29, 1.82) is 0 Å². The van der Waals surface area contributed by atoms with Gasteiger partial charge >= 0.3 is 0 Å². The molecule has 1 atom stereocenters. The summed E-state index contributed by atoms with van der Waals surface area (Å²) in [4.78, 5) is 27.9. The number of carbonyl (C=O) groups is 2. The number of hydrogen-bond donors (Lipinski definition) is 4. The fourth-order valence-corrected chi connectivity index (χ4v) is 5.21. The molecule has 2 saturated carbocycles. The van der Waals surface area contributed by atoms with Gasteiger partial charge in [0.25, 0.3) is 5.91 Å². The minimum atomic E-state index is -0.329. The van der Waals surface area contributed by atoms with E-state index in [1.54, 1.807) is 6.07 Å². The minimum absolute atomic E-state index is 0.0115. The molecular formula is C27H33FN4O3. The van der Waals surface area contributed by atoms with Gasteiger partial charge < -0.3 is 25.7 Å². The second-order valence-electron chi connectivity index (χ2n) is 10.0. The maximum atomic E-state index is 14.1. The smallest absolute Gasteiger partial charge is 0.255 e. The molecule has 4 N–H and O–H groups in total. The van der Waals surface area contributed by atoms with Gasteiger partial charge in [-0.05, 0) is 69.6 Å². The van der Waals surface area contributed by atoms with Gasteiger partial charge in [0.1, 0.15) is 11.6 Å². The molecule has 1 unspecified atom stereocenters. The molecule has 2 aliphatic carbocycles. The van der Waals surface area contributed by atoms with Crippen LogP contribution < -0.4 is 20.7 Å². The molecule has 0 radical (unpaired) electrons. The second-order valence-corrected chi connectivity index (χ2v) is 10.0. The SMILES string of the molecule is CC(=O)NC1CCC(NC(=O)C2=C(C)NC(c3ccc(F)cc3OCC3CC3)c3cc[nH]c32)CC1. The summed E-state index contributed by atoms with van der Waals surface area (Å²) in [6, 6.07) is 6.62. The number of fused-ring (bicyclic) bond motifs is 1.